The quantitative estimate of drug-likeness (QED) is 0.309. The lowest BCUT2D eigenvalue weighted by Crippen LogP contribution is -2.48. The van der Waals surface area contributed by atoms with E-state index in [4.69, 9.17) is 4.84 Å². The van der Waals surface area contributed by atoms with Gasteiger partial charge in [0.2, 0.25) is 5.91 Å². The highest BCUT2D eigenvalue weighted by Crippen LogP contribution is 2.21. The number of carbonyl (C=O) groups excluding carboxylic acids is 3. The summed E-state index contributed by atoms with van der Waals surface area (Å²) in [6, 6.07) is 15.4. The van der Waals surface area contributed by atoms with Gasteiger partial charge in [-0.3, -0.25) is 19.2 Å². The Kier molecular flexibility index (Phi) is 8.58. The van der Waals surface area contributed by atoms with Crippen molar-refractivity contribution >= 4 is 34.6 Å². The maximum absolute atomic E-state index is 12.8. The Hall–Kier alpha value is -4.18. The van der Waals surface area contributed by atoms with Crippen LogP contribution in [0.3, 0.4) is 0 Å². The lowest BCUT2D eigenvalue weighted by molar-refractivity contribution is -0.143. The number of fused-ring (bicyclic) bond motifs is 1. The topological polar surface area (TPSA) is 139 Å². The minimum Gasteiger partial charge on any atom is -0.480 e. The molecule has 0 aliphatic heterocycles. The van der Waals surface area contributed by atoms with Crippen LogP contribution in [0.1, 0.15) is 29.8 Å². The molecule has 0 fully saturated rings. The van der Waals surface area contributed by atoms with Crippen LogP contribution in [-0.2, 0) is 32.4 Å². The van der Waals surface area contributed by atoms with Crippen molar-refractivity contribution in [3.63, 3.8) is 0 Å². The van der Waals surface area contributed by atoms with Crippen molar-refractivity contribution in [2.24, 2.45) is 5.92 Å². The van der Waals surface area contributed by atoms with Crippen molar-refractivity contribution in [2.75, 3.05) is 6.54 Å². The molecular weight excluding hydrogens is 452 g/mol. The third kappa shape index (κ3) is 6.90. The van der Waals surface area contributed by atoms with Gasteiger partial charge in [0.1, 0.15) is 12.6 Å². The molecule has 1 heterocycles. The highest BCUT2D eigenvalue weighted by atomic mass is 16.6. The molecule has 4 N–H and O–H groups in total. The van der Waals surface area contributed by atoms with Crippen molar-refractivity contribution in [1.29, 1.82) is 0 Å². The van der Waals surface area contributed by atoms with E-state index in [1.807, 2.05) is 30.3 Å². The normalized spacial score (nSPS) is 11.7. The molecule has 1 atom stereocenters. The zero-order valence-corrected chi connectivity index (χ0v) is 19.5. The van der Waals surface area contributed by atoms with Gasteiger partial charge in [0, 0.05) is 17.1 Å². The van der Waals surface area contributed by atoms with Gasteiger partial charge in [-0.2, -0.15) is 0 Å². The van der Waals surface area contributed by atoms with Gasteiger partial charge in [0.05, 0.1) is 18.7 Å². The first kappa shape index (κ1) is 25.4. The predicted octanol–water partition coefficient (Wildman–Crippen LogP) is 1.84. The molecule has 0 spiro atoms. The molecule has 3 amide bonds. The number of carboxylic acids is 1. The Morgan fingerprint density at radius 2 is 1.66 bits per heavy atom. The monoisotopic (exact) mass is 480 g/mol. The summed E-state index contributed by atoms with van der Waals surface area (Å²) in [6.45, 7) is 3.10. The second-order valence-corrected chi connectivity index (χ2v) is 8.30. The number of hydrogen-bond acceptors (Lipinski definition) is 5. The number of para-hydroxylation sites is 1. The van der Waals surface area contributed by atoms with E-state index < -0.39 is 29.7 Å². The summed E-state index contributed by atoms with van der Waals surface area (Å²) in [5, 5.41) is 14.7. The first-order chi connectivity index (χ1) is 16.8. The fourth-order valence-corrected chi connectivity index (χ4v) is 3.51. The molecule has 35 heavy (non-hydrogen) atoms. The molecule has 1 aromatic heterocycles. The third-order valence-corrected chi connectivity index (χ3v) is 5.27. The van der Waals surface area contributed by atoms with Crippen molar-refractivity contribution in [2.45, 2.75) is 33.0 Å². The van der Waals surface area contributed by atoms with Gasteiger partial charge in [-0.15, -0.1) is 0 Å². The summed E-state index contributed by atoms with van der Waals surface area (Å²) in [7, 11) is 0. The lowest BCUT2D eigenvalue weighted by Gasteiger charge is -2.17. The fraction of sp³-hybridized carbons (Fsp3) is 0.280. The summed E-state index contributed by atoms with van der Waals surface area (Å²) in [4.78, 5) is 53.9. The van der Waals surface area contributed by atoms with E-state index in [0.717, 1.165) is 5.56 Å². The van der Waals surface area contributed by atoms with Crippen LogP contribution in [0.15, 0.2) is 60.8 Å². The number of hydroxylamine groups is 1. The van der Waals surface area contributed by atoms with E-state index in [9.17, 15) is 24.3 Å². The Balaban J connectivity index is 1.62. The number of aromatic nitrogens is 1. The highest BCUT2D eigenvalue weighted by Gasteiger charge is 2.24. The van der Waals surface area contributed by atoms with E-state index in [0.29, 0.717) is 10.9 Å². The number of benzene rings is 2. The van der Waals surface area contributed by atoms with Crippen LogP contribution in [0, 0.1) is 5.92 Å². The lowest BCUT2D eigenvalue weighted by atomic mass is 10.1. The maximum Gasteiger partial charge on any atom is 0.326 e. The molecule has 3 aromatic rings. The summed E-state index contributed by atoms with van der Waals surface area (Å²) in [6.07, 6.45) is 1.53. The maximum atomic E-state index is 12.8. The number of nitrogens with one attached hydrogen (secondary N) is 3. The minimum atomic E-state index is -1.14. The molecule has 2 aromatic carbocycles. The van der Waals surface area contributed by atoms with Crippen LogP contribution in [0.25, 0.3) is 10.9 Å². The van der Waals surface area contributed by atoms with Gasteiger partial charge < -0.3 is 20.3 Å². The molecule has 0 aliphatic rings. The van der Waals surface area contributed by atoms with Crippen LogP contribution in [0.5, 0.6) is 0 Å². The Morgan fingerprint density at radius 3 is 2.34 bits per heavy atom. The molecule has 184 valence electrons. The number of aliphatic carboxylic acids is 1. The van der Waals surface area contributed by atoms with E-state index >= 15 is 0 Å². The fourth-order valence-electron chi connectivity index (χ4n) is 3.51. The molecule has 10 nitrogen and oxygen atoms in total. The van der Waals surface area contributed by atoms with E-state index in [1.54, 1.807) is 42.7 Å². The Bertz CT molecular complexity index is 1210. The van der Waals surface area contributed by atoms with Crippen molar-refractivity contribution < 1.29 is 29.1 Å². The van der Waals surface area contributed by atoms with Gasteiger partial charge >= 0.3 is 5.97 Å². The van der Waals surface area contributed by atoms with E-state index in [-0.39, 0.29) is 31.2 Å². The number of rotatable bonds is 11. The molecule has 0 bridgehead atoms. The SMILES string of the molecule is CC(C)[C@H](NC(=O)CNC(=O)c1cn(CC(=O)NOCc2ccccc2)c2ccccc12)C(=O)O. The average molecular weight is 481 g/mol. The van der Waals surface area contributed by atoms with Crippen LogP contribution in [-0.4, -0.2) is 46.0 Å². The van der Waals surface area contributed by atoms with Gasteiger partial charge in [0.15, 0.2) is 0 Å². The van der Waals surface area contributed by atoms with Crippen molar-refractivity contribution in [3.05, 3.63) is 71.9 Å². The molecule has 0 radical (unpaired) electrons. The second kappa shape index (κ2) is 11.8. The highest BCUT2D eigenvalue weighted by molar-refractivity contribution is 6.08. The molecule has 3 rings (SSSR count). The van der Waals surface area contributed by atoms with E-state index in [1.165, 1.54) is 6.20 Å². The van der Waals surface area contributed by atoms with E-state index in [2.05, 4.69) is 16.1 Å². The third-order valence-electron chi connectivity index (χ3n) is 5.27. The molecule has 0 saturated carbocycles. The van der Waals surface area contributed by atoms with Crippen LogP contribution in [0.2, 0.25) is 0 Å². The molecule has 0 saturated heterocycles. The van der Waals surface area contributed by atoms with Gasteiger partial charge in [0.25, 0.3) is 11.8 Å². The summed E-state index contributed by atoms with van der Waals surface area (Å²) in [5.41, 5.74) is 4.25. The number of hydrogen-bond donors (Lipinski definition) is 4. The van der Waals surface area contributed by atoms with Crippen molar-refractivity contribution in [3.8, 4) is 0 Å². The molecule has 0 aliphatic carbocycles. The Morgan fingerprint density at radius 1 is 0.971 bits per heavy atom. The van der Waals surface area contributed by atoms with Crippen LogP contribution < -0.4 is 16.1 Å². The standard InChI is InChI=1S/C25H28N4O6/c1-16(2)23(25(33)34)27-21(30)12-26-24(32)19-13-29(20-11-7-6-10-18(19)20)14-22(31)28-35-15-17-8-4-3-5-9-17/h3-11,13,16,23H,12,14-15H2,1-2H3,(H,26,32)(H,27,30)(H,28,31)(H,33,34)/t23-/m0/s1. The number of carboxylic acid groups (broad SMARTS) is 1. The largest absolute Gasteiger partial charge is 0.480 e. The van der Waals surface area contributed by atoms with Gasteiger partial charge in [-0.05, 0) is 17.5 Å². The Labute approximate surface area is 202 Å². The smallest absolute Gasteiger partial charge is 0.326 e. The predicted molar refractivity (Wildman–Crippen MR) is 128 cm³/mol. The minimum absolute atomic E-state index is 0.0856. The molecular formula is C25H28N4O6. The summed E-state index contributed by atoms with van der Waals surface area (Å²) < 4.78 is 1.62. The average Bonchev–Trinajstić information content (AvgIpc) is 3.19. The number of amides is 3. The number of carbonyl (C=O) groups is 4. The van der Waals surface area contributed by atoms with Crippen molar-refractivity contribution in [1.82, 2.24) is 20.7 Å². The van der Waals surface area contributed by atoms with Crippen LogP contribution in [0.4, 0.5) is 0 Å². The van der Waals surface area contributed by atoms with Gasteiger partial charge in [-0.25, -0.2) is 10.3 Å². The van der Waals surface area contributed by atoms with Crippen LogP contribution >= 0.6 is 0 Å². The molecule has 0 unspecified atom stereocenters. The zero-order valence-electron chi connectivity index (χ0n) is 19.5. The first-order valence-corrected chi connectivity index (χ1v) is 11.1. The zero-order chi connectivity index (χ0) is 25.4. The summed E-state index contributed by atoms with van der Waals surface area (Å²) in [5.74, 6) is -2.99. The van der Waals surface area contributed by atoms with Gasteiger partial charge in [-0.1, -0.05) is 62.4 Å². The second-order valence-electron chi connectivity index (χ2n) is 8.30. The first-order valence-electron chi connectivity index (χ1n) is 11.1. The summed E-state index contributed by atoms with van der Waals surface area (Å²) >= 11 is 0. The molecule has 10 heteroatoms. The number of nitrogens with zero attached hydrogens (tertiary/aromatic N) is 1.